The molecule has 0 bridgehead atoms. The SMILES string of the molecule is CC1(C)CCN(c2ccc3c(c2)OCO3)CC1C#N. The van der Waals surface area contributed by atoms with E-state index in [0.717, 1.165) is 36.7 Å². The zero-order chi connectivity index (χ0) is 13.5. The lowest BCUT2D eigenvalue weighted by Crippen LogP contribution is -2.44. The molecule has 0 radical (unpaired) electrons. The van der Waals surface area contributed by atoms with E-state index >= 15 is 0 Å². The lowest BCUT2D eigenvalue weighted by Gasteiger charge is -2.41. The van der Waals surface area contributed by atoms with Gasteiger partial charge in [0.25, 0.3) is 0 Å². The van der Waals surface area contributed by atoms with Crippen LogP contribution in [0.4, 0.5) is 5.69 Å². The lowest BCUT2D eigenvalue weighted by atomic mass is 9.74. The van der Waals surface area contributed by atoms with Gasteiger partial charge in [-0.3, -0.25) is 0 Å². The van der Waals surface area contributed by atoms with Gasteiger partial charge in [-0.25, -0.2) is 0 Å². The van der Waals surface area contributed by atoms with E-state index in [1.807, 2.05) is 18.2 Å². The Labute approximate surface area is 113 Å². The van der Waals surface area contributed by atoms with Crippen LogP contribution in [0.2, 0.25) is 0 Å². The summed E-state index contributed by atoms with van der Waals surface area (Å²) in [6.07, 6.45) is 1.03. The maximum absolute atomic E-state index is 9.32. The Morgan fingerprint density at radius 3 is 2.89 bits per heavy atom. The van der Waals surface area contributed by atoms with E-state index in [9.17, 15) is 5.26 Å². The molecule has 0 saturated carbocycles. The molecule has 2 aliphatic heterocycles. The van der Waals surface area contributed by atoms with E-state index in [1.165, 1.54) is 0 Å². The monoisotopic (exact) mass is 258 g/mol. The third kappa shape index (κ3) is 2.10. The molecule has 4 heteroatoms. The zero-order valence-corrected chi connectivity index (χ0v) is 11.3. The van der Waals surface area contributed by atoms with E-state index < -0.39 is 0 Å². The third-order valence-corrected chi connectivity index (χ3v) is 4.25. The predicted molar refractivity (Wildman–Crippen MR) is 72.3 cm³/mol. The van der Waals surface area contributed by atoms with Gasteiger partial charge in [-0.1, -0.05) is 13.8 Å². The second-order valence-corrected chi connectivity index (χ2v) is 5.90. The van der Waals surface area contributed by atoms with Crippen molar-refractivity contribution in [3.63, 3.8) is 0 Å². The van der Waals surface area contributed by atoms with Crippen LogP contribution in [0, 0.1) is 22.7 Å². The summed E-state index contributed by atoms with van der Waals surface area (Å²) in [4.78, 5) is 2.26. The van der Waals surface area contributed by atoms with Crippen molar-refractivity contribution in [1.82, 2.24) is 0 Å². The first-order valence-corrected chi connectivity index (χ1v) is 6.64. The van der Waals surface area contributed by atoms with E-state index in [0.29, 0.717) is 6.79 Å². The van der Waals surface area contributed by atoms with Crippen LogP contribution in [0.15, 0.2) is 18.2 Å². The number of ether oxygens (including phenoxy) is 2. The van der Waals surface area contributed by atoms with Crippen molar-refractivity contribution in [2.45, 2.75) is 20.3 Å². The number of nitrogens with zero attached hydrogens (tertiary/aromatic N) is 2. The Bertz CT molecular complexity index is 533. The number of hydrogen-bond donors (Lipinski definition) is 0. The van der Waals surface area contributed by atoms with Crippen LogP contribution in [-0.2, 0) is 0 Å². The molecule has 0 aromatic heterocycles. The van der Waals surface area contributed by atoms with Crippen LogP contribution in [0.3, 0.4) is 0 Å². The van der Waals surface area contributed by atoms with Crippen LogP contribution < -0.4 is 14.4 Å². The zero-order valence-electron chi connectivity index (χ0n) is 11.3. The number of hydrogen-bond acceptors (Lipinski definition) is 4. The molecule has 0 spiro atoms. The molecule has 0 aliphatic carbocycles. The van der Waals surface area contributed by atoms with Crippen LogP contribution in [0.1, 0.15) is 20.3 Å². The summed E-state index contributed by atoms with van der Waals surface area (Å²) in [6, 6.07) is 8.44. The number of nitriles is 1. The average molecular weight is 258 g/mol. The maximum Gasteiger partial charge on any atom is 0.231 e. The second kappa shape index (κ2) is 4.34. The molecule has 1 unspecified atom stereocenters. The van der Waals surface area contributed by atoms with Gasteiger partial charge in [0.05, 0.1) is 12.0 Å². The first-order valence-electron chi connectivity index (χ1n) is 6.64. The summed E-state index contributed by atoms with van der Waals surface area (Å²) in [5, 5.41) is 9.32. The Kier molecular flexibility index (Phi) is 2.78. The fourth-order valence-corrected chi connectivity index (χ4v) is 2.69. The number of piperidine rings is 1. The number of benzene rings is 1. The summed E-state index contributed by atoms with van der Waals surface area (Å²) in [5.41, 5.74) is 1.21. The predicted octanol–water partition coefficient (Wildman–Crippen LogP) is 2.79. The molecule has 100 valence electrons. The second-order valence-electron chi connectivity index (χ2n) is 5.90. The van der Waals surface area contributed by atoms with Gasteiger partial charge >= 0.3 is 0 Å². The van der Waals surface area contributed by atoms with Crippen LogP contribution in [0.5, 0.6) is 11.5 Å². The summed E-state index contributed by atoms with van der Waals surface area (Å²) in [5.74, 6) is 1.67. The summed E-state index contributed by atoms with van der Waals surface area (Å²) < 4.78 is 10.7. The van der Waals surface area contributed by atoms with Gasteiger partial charge in [0, 0.05) is 24.8 Å². The van der Waals surface area contributed by atoms with Crippen molar-refractivity contribution in [3.8, 4) is 17.6 Å². The molecule has 2 heterocycles. The van der Waals surface area contributed by atoms with E-state index in [4.69, 9.17) is 9.47 Å². The topological polar surface area (TPSA) is 45.5 Å². The Hall–Kier alpha value is -1.89. The minimum absolute atomic E-state index is 0.0617. The Morgan fingerprint density at radius 2 is 2.11 bits per heavy atom. The molecular weight excluding hydrogens is 240 g/mol. The van der Waals surface area contributed by atoms with Gasteiger partial charge in [-0.2, -0.15) is 5.26 Å². The normalized spacial score (nSPS) is 24.1. The molecule has 0 amide bonds. The average Bonchev–Trinajstić information content (AvgIpc) is 2.85. The van der Waals surface area contributed by atoms with Gasteiger partial charge in [-0.05, 0) is 24.0 Å². The highest BCUT2D eigenvalue weighted by molar-refractivity contribution is 5.57. The molecule has 1 fully saturated rings. The molecule has 3 rings (SSSR count). The van der Waals surface area contributed by atoms with Gasteiger partial charge in [0.15, 0.2) is 11.5 Å². The first kappa shape index (κ1) is 12.2. The first-order chi connectivity index (χ1) is 9.10. The van der Waals surface area contributed by atoms with Crippen molar-refractivity contribution in [2.75, 3.05) is 24.8 Å². The van der Waals surface area contributed by atoms with Gasteiger partial charge in [-0.15, -0.1) is 0 Å². The maximum atomic E-state index is 9.32. The molecule has 19 heavy (non-hydrogen) atoms. The Balaban J connectivity index is 1.82. The number of anilines is 1. The largest absolute Gasteiger partial charge is 0.454 e. The fourth-order valence-electron chi connectivity index (χ4n) is 2.69. The molecule has 2 aliphatic rings. The summed E-state index contributed by atoms with van der Waals surface area (Å²) in [7, 11) is 0. The highest BCUT2D eigenvalue weighted by atomic mass is 16.7. The number of fused-ring (bicyclic) bond motifs is 1. The van der Waals surface area contributed by atoms with Gasteiger partial charge in [0.1, 0.15) is 0 Å². The van der Waals surface area contributed by atoms with Crippen molar-refractivity contribution in [3.05, 3.63) is 18.2 Å². The standard InChI is InChI=1S/C15H18N2O2/c1-15(2)5-6-17(9-11(15)8-16)12-3-4-13-14(7-12)19-10-18-13/h3-4,7,11H,5-6,9-10H2,1-2H3. The van der Waals surface area contributed by atoms with E-state index in [2.05, 4.69) is 24.8 Å². The minimum Gasteiger partial charge on any atom is -0.454 e. The van der Waals surface area contributed by atoms with Gasteiger partial charge < -0.3 is 14.4 Å². The molecule has 1 aromatic carbocycles. The van der Waals surface area contributed by atoms with Crippen molar-refractivity contribution in [2.24, 2.45) is 11.3 Å². The van der Waals surface area contributed by atoms with E-state index in [-0.39, 0.29) is 11.3 Å². The van der Waals surface area contributed by atoms with Crippen LogP contribution in [-0.4, -0.2) is 19.9 Å². The molecular formula is C15H18N2O2. The van der Waals surface area contributed by atoms with Crippen LogP contribution in [0.25, 0.3) is 0 Å². The molecule has 1 saturated heterocycles. The highest BCUT2D eigenvalue weighted by Crippen LogP contribution is 2.40. The van der Waals surface area contributed by atoms with Crippen LogP contribution >= 0.6 is 0 Å². The molecule has 4 nitrogen and oxygen atoms in total. The Morgan fingerprint density at radius 1 is 1.32 bits per heavy atom. The van der Waals surface area contributed by atoms with Crippen molar-refractivity contribution in [1.29, 1.82) is 5.26 Å². The van der Waals surface area contributed by atoms with Crippen molar-refractivity contribution < 1.29 is 9.47 Å². The summed E-state index contributed by atoms with van der Waals surface area (Å²) in [6.45, 7) is 6.41. The minimum atomic E-state index is 0.0617. The lowest BCUT2D eigenvalue weighted by molar-refractivity contribution is 0.174. The van der Waals surface area contributed by atoms with Crippen molar-refractivity contribution >= 4 is 5.69 Å². The quantitative estimate of drug-likeness (QED) is 0.777. The molecule has 1 aromatic rings. The van der Waals surface area contributed by atoms with E-state index in [1.54, 1.807) is 0 Å². The fraction of sp³-hybridized carbons (Fsp3) is 0.533. The summed E-state index contributed by atoms with van der Waals surface area (Å²) >= 11 is 0. The smallest absolute Gasteiger partial charge is 0.231 e. The molecule has 1 atom stereocenters. The third-order valence-electron chi connectivity index (χ3n) is 4.25. The molecule has 0 N–H and O–H groups in total. The number of rotatable bonds is 1. The highest BCUT2D eigenvalue weighted by Gasteiger charge is 2.36. The van der Waals surface area contributed by atoms with Gasteiger partial charge in [0.2, 0.25) is 6.79 Å².